The largest absolute Gasteiger partial charge is 0.480 e. The van der Waals surface area contributed by atoms with Gasteiger partial charge in [-0.25, -0.2) is 9.59 Å². The number of carboxylic acid groups (broad SMARTS) is 1. The van der Waals surface area contributed by atoms with Gasteiger partial charge in [-0.1, -0.05) is 48.5 Å². The molecule has 3 unspecified atom stereocenters. The van der Waals surface area contributed by atoms with Crippen molar-refractivity contribution in [3.63, 3.8) is 0 Å². The molecule has 0 aromatic heterocycles. The first-order valence-electron chi connectivity index (χ1n) is 12.2. The zero-order chi connectivity index (χ0) is 24.5. The first-order valence-corrected chi connectivity index (χ1v) is 13.3. The summed E-state index contributed by atoms with van der Waals surface area (Å²) in [5.74, 6) is -0.260. The highest BCUT2D eigenvalue weighted by atomic mass is 32.2. The van der Waals surface area contributed by atoms with Gasteiger partial charge < -0.3 is 20.1 Å². The van der Waals surface area contributed by atoms with Gasteiger partial charge in [0.15, 0.2) is 0 Å². The van der Waals surface area contributed by atoms with Crippen molar-refractivity contribution in [3.05, 3.63) is 59.7 Å². The lowest BCUT2D eigenvalue weighted by Crippen LogP contribution is -2.46. The molecule has 1 saturated heterocycles. The number of ether oxygens (including phenoxy) is 1. The van der Waals surface area contributed by atoms with Crippen LogP contribution in [-0.2, 0) is 14.3 Å². The van der Waals surface area contributed by atoms with Crippen molar-refractivity contribution in [1.29, 1.82) is 0 Å². The Balaban J connectivity index is 1.13. The fraction of sp³-hybridized carbons (Fsp3) is 0.444. The summed E-state index contributed by atoms with van der Waals surface area (Å²) in [6.45, 7) is 2.07. The zero-order valence-electron chi connectivity index (χ0n) is 19.7. The molecule has 1 saturated carbocycles. The molecule has 0 bridgehead atoms. The Morgan fingerprint density at radius 3 is 2.31 bits per heavy atom. The average Bonchev–Trinajstić information content (AvgIpc) is 3.51. The van der Waals surface area contributed by atoms with Gasteiger partial charge in [-0.2, -0.15) is 0 Å². The molecule has 3 atom stereocenters. The van der Waals surface area contributed by atoms with E-state index in [1.54, 1.807) is 16.7 Å². The molecule has 1 aliphatic heterocycles. The highest BCUT2D eigenvalue weighted by molar-refractivity contribution is 8.00. The van der Waals surface area contributed by atoms with E-state index >= 15 is 0 Å². The summed E-state index contributed by atoms with van der Waals surface area (Å²) >= 11 is 1.57. The summed E-state index contributed by atoms with van der Waals surface area (Å²) in [5, 5.41) is 12.3. The van der Waals surface area contributed by atoms with E-state index in [0.717, 1.165) is 24.0 Å². The number of carbonyl (C=O) groups excluding carboxylic acids is 2. The summed E-state index contributed by atoms with van der Waals surface area (Å²) in [4.78, 5) is 38.7. The van der Waals surface area contributed by atoms with Crippen LogP contribution in [0.15, 0.2) is 48.5 Å². The number of carboxylic acids is 1. The SMILES string of the molecule is CC(CCC(=O)N1C(C(=O)O)CSC1C1CC1)NC(=O)OCC1c2ccccc2-c2ccccc21. The van der Waals surface area contributed by atoms with Gasteiger partial charge in [0, 0.05) is 24.1 Å². The number of amides is 2. The van der Waals surface area contributed by atoms with Crippen LogP contribution >= 0.6 is 11.8 Å². The zero-order valence-corrected chi connectivity index (χ0v) is 20.5. The number of nitrogens with one attached hydrogen (secondary N) is 1. The van der Waals surface area contributed by atoms with E-state index in [1.807, 2.05) is 31.2 Å². The van der Waals surface area contributed by atoms with Gasteiger partial charge in [-0.3, -0.25) is 4.79 Å². The third-order valence-corrected chi connectivity index (χ3v) is 8.59. The Hall–Kier alpha value is -3.00. The molecule has 7 nitrogen and oxygen atoms in total. The van der Waals surface area contributed by atoms with Gasteiger partial charge in [0.25, 0.3) is 0 Å². The van der Waals surface area contributed by atoms with Crippen LogP contribution in [0.3, 0.4) is 0 Å². The molecule has 2 aromatic rings. The smallest absolute Gasteiger partial charge is 0.407 e. The number of carbonyl (C=O) groups is 3. The molecule has 1 heterocycles. The molecule has 5 rings (SSSR count). The molecular weight excluding hydrogens is 464 g/mol. The topological polar surface area (TPSA) is 95.9 Å². The standard InChI is InChI=1S/C27H30N2O5S/c1-16(10-13-24(30)29-23(26(31)32)15-35-25(29)17-11-12-17)28-27(33)34-14-22-20-8-4-2-6-18(20)19-7-3-5-9-21(19)22/h2-9,16-17,22-23,25H,10-15H2,1H3,(H,28,33)(H,31,32). The minimum Gasteiger partial charge on any atom is -0.480 e. The molecule has 2 fully saturated rings. The lowest BCUT2D eigenvalue weighted by Gasteiger charge is -2.28. The van der Waals surface area contributed by atoms with Crippen molar-refractivity contribution in [2.45, 2.75) is 56.0 Å². The molecule has 184 valence electrons. The minimum atomic E-state index is -0.946. The summed E-state index contributed by atoms with van der Waals surface area (Å²) < 4.78 is 5.60. The van der Waals surface area contributed by atoms with E-state index in [0.29, 0.717) is 18.1 Å². The molecule has 2 N–H and O–H groups in total. The highest BCUT2D eigenvalue weighted by Crippen LogP contribution is 2.46. The lowest BCUT2D eigenvalue weighted by atomic mass is 9.98. The number of hydrogen-bond acceptors (Lipinski definition) is 5. The van der Waals surface area contributed by atoms with Crippen molar-refractivity contribution in [2.24, 2.45) is 5.92 Å². The molecule has 0 radical (unpaired) electrons. The van der Waals surface area contributed by atoms with Gasteiger partial charge in [0.05, 0.1) is 5.37 Å². The summed E-state index contributed by atoms with van der Waals surface area (Å²) in [5.41, 5.74) is 4.66. The Labute approximate surface area is 209 Å². The number of rotatable bonds is 8. The van der Waals surface area contributed by atoms with Crippen LogP contribution in [0, 0.1) is 5.92 Å². The molecule has 0 spiro atoms. The number of alkyl carbamates (subject to hydrolysis) is 1. The number of aliphatic carboxylic acids is 1. The number of nitrogens with zero attached hydrogens (tertiary/aromatic N) is 1. The Kier molecular flexibility index (Phi) is 6.73. The maximum absolute atomic E-state index is 12.9. The second-order valence-electron chi connectivity index (χ2n) is 9.63. The summed E-state index contributed by atoms with van der Waals surface area (Å²) in [6.07, 6.45) is 2.20. The van der Waals surface area contributed by atoms with Crippen molar-refractivity contribution in [2.75, 3.05) is 12.4 Å². The van der Waals surface area contributed by atoms with E-state index in [-0.39, 0.29) is 36.3 Å². The van der Waals surface area contributed by atoms with Crippen LogP contribution in [0.25, 0.3) is 11.1 Å². The fourth-order valence-corrected chi connectivity index (χ4v) is 6.81. The van der Waals surface area contributed by atoms with Crippen LogP contribution < -0.4 is 5.32 Å². The second kappa shape index (κ2) is 9.93. The predicted octanol–water partition coefficient (Wildman–Crippen LogP) is 4.46. The maximum atomic E-state index is 12.9. The van der Waals surface area contributed by atoms with Gasteiger partial charge >= 0.3 is 12.1 Å². The van der Waals surface area contributed by atoms with E-state index in [9.17, 15) is 19.5 Å². The Morgan fingerprint density at radius 2 is 1.71 bits per heavy atom. The van der Waals surface area contributed by atoms with Crippen LogP contribution in [-0.4, -0.2) is 57.8 Å². The number of thioether (sulfide) groups is 1. The lowest BCUT2D eigenvalue weighted by molar-refractivity contribution is -0.149. The van der Waals surface area contributed by atoms with Gasteiger partial charge in [0.1, 0.15) is 12.6 Å². The van der Waals surface area contributed by atoms with E-state index in [1.165, 1.54) is 11.1 Å². The first kappa shape index (κ1) is 23.7. The number of benzene rings is 2. The van der Waals surface area contributed by atoms with Gasteiger partial charge in [-0.15, -0.1) is 11.8 Å². The number of fused-ring (bicyclic) bond motifs is 3. The molecular formula is C27H30N2O5S. The summed E-state index contributed by atoms with van der Waals surface area (Å²) in [7, 11) is 0. The fourth-order valence-electron chi connectivity index (χ4n) is 5.16. The van der Waals surface area contributed by atoms with Crippen molar-refractivity contribution >= 4 is 29.7 Å². The minimum absolute atomic E-state index is 0.00925. The van der Waals surface area contributed by atoms with Crippen molar-refractivity contribution in [1.82, 2.24) is 10.2 Å². The molecule has 2 aliphatic carbocycles. The quantitative estimate of drug-likeness (QED) is 0.563. The van der Waals surface area contributed by atoms with Gasteiger partial charge in [0.2, 0.25) is 5.91 Å². The highest BCUT2D eigenvalue weighted by Gasteiger charge is 2.47. The summed E-state index contributed by atoms with van der Waals surface area (Å²) in [6, 6.07) is 15.3. The third-order valence-electron chi connectivity index (χ3n) is 7.13. The molecule has 35 heavy (non-hydrogen) atoms. The molecule has 3 aliphatic rings. The third kappa shape index (κ3) is 4.89. The second-order valence-corrected chi connectivity index (χ2v) is 10.8. The first-order chi connectivity index (χ1) is 16.9. The van der Waals surface area contributed by atoms with Crippen LogP contribution in [0.1, 0.15) is 49.7 Å². The van der Waals surface area contributed by atoms with Crippen LogP contribution in [0.5, 0.6) is 0 Å². The van der Waals surface area contributed by atoms with Crippen LogP contribution in [0.2, 0.25) is 0 Å². The van der Waals surface area contributed by atoms with Gasteiger partial charge in [-0.05, 0) is 54.4 Å². The molecule has 8 heteroatoms. The van der Waals surface area contributed by atoms with E-state index < -0.39 is 18.1 Å². The van der Waals surface area contributed by atoms with Crippen molar-refractivity contribution < 1.29 is 24.2 Å². The monoisotopic (exact) mass is 494 g/mol. The predicted molar refractivity (Wildman–Crippen MR) is 134 cm³/mol. The van der Waals surface area contributed by atoms with E-state index in [4.69, 9.17) is 4.74 Å². The van der Waals surface area contributed by atoms with Crippen molar-refractivity contribution in [3.8, 4) is 11.1 Å². The molecule has 2 aromatic carbocycles. The number of hydrogen-bond donors (Lipinski definition) is 2. The Morgan fingerprint density at radius 1 is 1.09 bits per heavy atom. The molecule has 2 amide bonds. The maximum Gasteiger partial charge on any atom is 0.407 e. The van der Waals surface area contributed by atoms with E-state index in [2.05, 4.69) is 29.6 Å². The van der Waals surface area contributed by atoms with Crippen LogP contribution in [0.4, 0.5) is 4.79 Å². The Bertz CT molecular complexity index is 1090. The normalized spacial score (nSPS) is 21.8. The average molecular weight is 495 g/mol.